The summed E-state index contributed by atoms with van der Waals surface area (Å²) in [5, 5.41) is 13.4. The van der Waals surface area contributed by atoms with Crippen molar-refractivity contribution in [2.24, 2.45) is 7.05 Å². The predicted molar refractivity (Wildman–Crippen MR) is 127 cm³/mol. The number of carbonyl (C=O) groups excluding carboxylic acids is 1. The molecule has 33 heavy (non-hydrogen) atoms. The van der Waals surface area contributed by atoms with E-state index < -0.39 is 5.82 Å². The molecule has 2 aromatic heterocycles. The molecule has 4 rings (SSSR count). The Morgan fingerprint density at radius 3 is 2.67 bits per heavy atom. The van der Waals surface area contributed by atoms with E-state index in [0.29, 0.717) is 40.0 Å². The minimum absolute atomic E-state index is 0.252. The van der Waals surface area contributed by atoms with Gasteiger partial charge in [0.1, 0.15) is 11.6 Å². The fraction of sp³-hybridized carbons (Fsp3) is 0.0435. The Kier molecular flexibility index (Phi) is 6.32. The lowest BCUT2D eigenvalue weighted by molar-refractivity contribution is -0.111. The van der Waals surface area contributed by atoms with Crippen LogP contribution in [0.3, 0.4) is 0 Å². The number of carbonyl (C=O) groups is 1. The molecule has 0 atom stereocenters. The van der Waals surface area contributed by atoms with Gasteiger partial charge in [0, 0.05) is 41.4 Å². The van der Waals surface area contributed by atoms with Crippen LogP contribution in [0.15, 0.2) is 73.7 Å². The lowest BCUT2D eigenvalue weighted by Gasteiger charge is -2.14. The molecule has 2 heterocycles. The first-order valence-electron chi connectivity index (χ1n) is 9.79. The number of hydrogen-bond acceptors (Lipinski definition) is 6. The SMILES string of the molecule is C=CC(=O)Nc1cccc(Nc2nc(Nc3cnn(C)c3)ncc2-c2cc(F)cc(Cl)c2)c1. The molecule has 0 bridgehead atoms. The second-order valence-electron chi connectivity index (χ2n) is 7.04. The van der Waals surface area contributed by atoms with Gasteiger partial charge in [0.15, 0.2) is 0 Å². The quantitative estimate of drug-likeness (QED) is 0.322. The summed E-state index contributed by atoms with van der Waals surface area (Å²) in [4.78, 5) is 20.6. The molecule has 0 aliphatic carbocycles. The molecular formula is C23H19ClFN7O. The van der Waals surface area contributed by atoms with Crippen LogP contribution in [0, 0.1) is 5.82 Å². The summed E-state index contributed by atoms with van der Waals surface area (Å²) in [6, 6.07) is 11.3. The fourth-order valence-electron chi connectivity index (χ4n) is 3.08. The molecule has 0 saturated heterocycles. The molecule has 10 heteroatoms. The van der Waals surface area contributed by atoms with Crippen LogP contribution in [0.1, 0.15) is 0 Å². The van der Waals surface area contributed by atoms with Crippen LogP contribution in [-0.2, 0) is 11.8 Å². The van der Waals surface area contributed by atoms with Crippen LogP contribution in [0.2, 0.25) is 5.02 Å². The zero-order valence-corrected chi connectivity index (χ0v) is 18.3. The van der Waals surface area contributed by atoms with Crippen LogP contribution in [0.4, 0.5) is 33.2 Å². The van der Waals surface area contributed by atoms with Crippen molar-refractivity contribution < 1.29 is 9.18 Å². The highest BCUT2D eigenvalue weighted by atomic mass is 35.5. The van der Waals surface area contributed by atoms with E-state index in [9.17, 15) is 9.18 Å². The molecule has 2 aromatic carbocycles. The van der Waals surface area contributed by atoms with E-state index in [1.807, 2.05) is 6.07 Å². The number of anilines is 5. The smallest absolute Gasteiger partial charge is 0.247 e. The number of nitrogens with one attached hydrogen (secondary N) is 3. The zero-order chi connectivity index (χ0) is 23.4. The van der Waals surface area contributed by atoms with Crippen molar-refractivity contribution in [3.8, 4) is 11.1 Å². The first-order valence-corrected chi connectivity index (χ1v) is 10.2. The molecule has 0 aliphatic rings. The third kappa shape index (κ3) is 5.52. The van der Waals surface area contributed by atoms with Gasteiger partial charge >= 0.3 is 0 Å². The monoisotopic (exact) mass is 463 g/mol. The van der Waals surface area contributed by atoms with Crippen LogP contribution in [0.25, 0.3) is 11.1 Å². The molecule has 0 radical (unpaired) electrons. The lowest BCUT2D eigenvalue weighted by Crippen LogP contribution is -2.07. The lowest BCUT2D eigenvalue weighted by atomic mass is 10.1. The van der Waals surface area contributed by atoms with E-state index >= 15 is 0 Å². The van der Waals surface area contributed by atoms with E-state index in [1.165, 1.54) is 18.2 Å². The van der Waals surface area contributed by atoms with Crippen molar-refractivity contribution in [1.29, 1.82) is 0 Å². The second-order valence-corrected chi connectivity index (χ2v) is 7.48. The summed E-state index contributed by atoms with van der Waals surface area (Å²) in [5.74, 6) is -0.0829. The Morgan fingerprint density at radius 1 is 1.12 bits per heavy atom. The Labute approximate surface area is 194 Å². The van der Waals surface area contributed by atoms with Crippen LogP contribution in [0.5, 0.6) is 0 Å². The first-order chi connectivity index (χ1) is 15.9. The standard InChI is InChI=1S/C23H19ClFN7O/c1-3-21(33)28-17-5-4-6-18(10-17)29-22-20(14-7-15(24)9-16(25)8-14)12-26-23(31-22)30-19-11-27-32(2)13-19/h3-13H,1H2,2H3,(H,28,33)(H2,26,29,30,31). The minimum Gasteiger partial charge on any atom is -0.339 e. The topological polar surface area (TPSA) is 96.8 Å². The van der Waals surface area contributed by atoms with Gasteiger partial charge in [0.2, 0.25) is 11.9 Å². The number of halogens is 2. The minimum atomic E-state index is -0.477. The maximum atomic E-state index is 14.0. The Balaban J connectivity index is 1.72. The highest BCUT2D eigenvalue weighted by Crippen LogP contribution is 2.32. The number of nitrogens with zero attached hydrogens (tertiary/aromatic N) is 4. The average Bonchev–Trinajstić information content (AvgIpc) is 3.18. The molecule has 0 aliphatic heterocycles. The van der Waals surface area contributed by atoms with Crippen molar-refractivity contribution in [2.75, 3.05) is 16.0 Å². The third-order valence-corrected chi connectivity index (χ3v) is 4.72. The number of hydrogen-bond donors (Lipinski definition) is 3. The molecule has 0 saturated carbocycles. The Hall–Kier alpha value is -4.24. The Bertz CT molecular complexity index is 1320. The van der Waals surface area contributed by atoms with Crippen molar-refractivity contribution in [3.05, 3.63) is 84.5 Å². The van der Waals surface area contributed by atoms with Gasteiger partial charge in [0.05, 0.1) is 11.9 Å². The maximum absolute atomic E-state index is 14.0. The summed E-state index contributed by atoms with van der Waals surface area (Å²) >= 11 is 6.07. The molecule has 0 spiro atoms. The summed E-state index contributed by atoms with van der Waals surface area (Å²) < 4.78 is 15.7. The summed E-state index contributed by atoms with van der Waals surface area (Å²) in [7, 11) is 1.80. The van der Waals surface area contributed by atoms with Gasteiger partial charge in [-0.05, 0) is 48.0 Å². The number of benzene rings is 2. The highest BCUT2D eigenvalue weighted by molar-refractivity contribution is 6.30. The van der Waals surface area contributed by atoms with E-state index in [4.69, 9.17) is 11.6 Å². The average molecular weight is 464 g/mol. The molecular weight excluding hydrogens is 445 g/mol. The van der Waals surface area contributed by atoms with Crippen molar-refractivity contribution in [2.45, 2.75) is 0 Å². The first kappa shape index (κ1) is 22.0. The van der Waals surface area contributed by atoms with Crippen LogP contribution >= 0.6 is 11.6 Å². The third-order valence-electron chi connectivity index (χ3n) is 4.50. The number of rotatable bonds is 7. The van der Waals surface area contributed by atoms with Crippen LogP contribution < -0.4 is 16.0 Å². The summed E-state index contributed by atoms with van der Waals surface area (Å²) in [6.07, 6.45) is 6.18. The molecule has 8 nitrogen and oxygen atoms in total. The number of aromatic nitrogens is 4. The number of aryl methyl sites for hydroxylation is 1. The maximum Gasteiger partial charge on any atom is 0.247 e. The molecule has 4 aromatic rings. The van der Waals surface area contributed by atoms with Gasteiger partial charge in [0.25, 0.3) is 0 Å². The van der Waals surface area contributed by atoms with E-state index in [2.05, 4.69) is 37.6 Å². The van der Waals surface area contributed by atoms with E-state index in [0.717, 1.165) is 0 Å². The van der Waals surface area contributed by atoms with Crippen LogP contribution in [-0.4, -0.2) is 25.7 Å². The molecule has 166 valence electrons. The molecule has 3 N–H and O–H groups in total. The summed E-state index contributed by atoms with van der Waals surface area (Å²) in [6.45, 7) is 3.45. The van der Waals surface area contributed by atoms with Crippen molar-refractivity contribution in [3.63, 3.8) is 0 Å². The van der Waals surface area contributed by atoms with Crippen molar-refractivity contribution in [1.82, 2.24) is 19.7 Å². The van der Waals surface area contributed by atoms with E-state index in [-0.39, 0.29) is 10.9 Å². The van der Waals surface area contributed by atoms with Gasteiger partial charge in [-0.2, -0.15) is 10.1 Å². The van der Waals surface area contributed by atoms with Gasteiger partial charge in [-0.3, -0.25) is 9.48 Å². The fourth-order valence-corrected chi connectivity index (χ4v) is 3.30. The normalized spacial score (nSPS) is 10.5. The zero-order valence-electron chi connectivity index (χ0n) is 17.5. The summed E-state index contributed by atoms with van der Waals surface area (Å²) in [5.41, 5.74) is 2.97. The predicted octanol–water partition coefficient (Wildman–Crippen LogP) is 5.28. The van der Waals surface area contributed by atoms with E-state index in [1.54, 1.807) is 54.6 Å². The highest BCUT2D eigenvalue weighted by Gasteiger charge is 2.13. The molecule has 0 unspecified atom stereocenters. The van der Waals surface area contributed by atoms with Crippen molar-refractivity contribution >= 4 is 46.3 Å². The molecule has 1 amide bonds. The Morgan fingerprint density at radius 2 is 1.94 bits per heavy atom. The number of amides is 1. The van der Waals surface area contributed by atoms with Gasteiger partial charge in [-0.1, -0.05) is 24.2 Å². The van der Waals surface area contributed by atoms with Gasteiger partial charge < -0.3 is 16.0 Å². The largest absolute Gasteiger partial charge is 0.339 e. The van der Waals surface area contributed by atoms with Gasteiger partial charge in [-0.25, -0.2) is 9.37 Å². The molecule has 0 fully saturated rings. The second kappa shape index (κ2) is 9.49. The van der Waals surface area contributed by atoms with Gasteiger partial charge in [-0.15, -0.1) is 0 Å².